The summed E-state index contributed by atoms with van der Waals surface area (Å²) in [5.74, 6) is 0.768. The van der Waals surface area contributed by atoms with Crippen molar-refractivity contribution in [2.24, 2.45) is 5.92 Å². The molecule has 3 fully saturated rings. The minimum Gasteiger partial charge on any atom is -0.465 e. The minimum absolute atomic E-state index is 0.0341. The van der Waals surface area contributed by atoms with Gasteiger partial charge in [-0.3, -0.25) is 4.79 Å². The third kappa shape index (κ3) is 1.46. The zero-order chi connectivity index (χ0) is 9.31. The van der Waals surface area contributed by atoms with Gasteiger partial charge in [0, 0.05) is 0 Å². The highest BCUT2D eigenvalue weighted by atomic mass is 16.5. The van der Waals surface area contributed by atoms with Gasteiger partial charge in [-0.1, -0.05) is 0 Å². The average molecular weight is 183 g/mol. The van der Waals surface area contributed by atoms with Crippen LogP contribution in [0.2, 0.25) is 0 Å². The van der Waals surface area contributed by atoms with E-state index in [4.69, 9.17) is 4.74 Å². The zero-order valence-electron chi connectivity index (χ0n) is 8.14. The van der Waals surface area contributed by atoms with Gasteiger partial charge in [0.05, 0.1) is 6.61 Å². The molecule has 0 atom stereocenters. The second-order valence-corrected chi connectivity index (χ2v) is 4.13. The van der Waals surface area contributed by atoms with Gasteiger partial charge in [0.2, 0.25) is 0 Å². The molecule has 0 amide bonds. The zero-order valence-corrected chi connectivity index (χ0v) is 8.14. The van der Waals surface area contributed by atoms with E-state index in [0.29, 0.717) is 6.61 Å². The van der Waals surface area contributed by atoms with Gasteiger partial charge >= 0.3 is 5.97 Å². The van der Waals surface area contributed by atoms with E-state index < -0.39 is 0 Å². The number of hydrogen-bond acceptors (Lipinski definition) is 3. The van der Waals surface area contributed by atoms with Crippen molar-refractivity contribution in [3.63, 3.8) is 0 Å². The van der Waals surface area contributed by atoms with Crippen LogP contribution < -0.4 is 5.32 Å². The fourth-order valence-corrected chi connectivity index (χ4v) is 2.44. The predicted molar refractivity (Wildman–Crippen MR) is 49.3 cm³/mol. The average Bonchev–Trinajstić information content (AvgIpc) is 2.21. The van der Waals surface area contributed by atoms with Gasteiger partial charge in [-0.2, -0.15) is 0 Å². The Labute approximate surface area is 78.8 Å². The van der Waals surface area contributed by atoms with Crippen molar-refractivity contribution in [3.05, 3.63) is 0 Å². The topological polar surface area (TPSA) is 38.3 Å². The van der Waals surface area contributed by atoms with Crippen LogP contribution >= 0.6 is 0 Å². The molecule has 3 rings (SSSR count). The second kappa shape index (κ2) is 3.29. The van der Waals surface area contributed by atoms with E-state index in [2.05, 4.69) is 5.32 Å². The van der Waals surface area contributed by atoms with Crippen LogP contribution in [0.4, 0.5) is 0 Å². The fourth-order valence-electron chi connectivity index (χ4n) is 2.44. The molecule has 2 bridgehead atoms. The molecule has 0 aromatic carbocycles. The molecule has 3 aliphatic rings. The Kier molecular flexibility index (Phi) is 2.28. The Hall–Kier alpha value is -0.570. The summed E-state index contributed by atoms with van der Waals surface area (Å²) in [6.45, 7) is 3.35. The van der Waals surface area contributed by atoms with Crippen LogP contribution in [0.25, 0.3) is 0 Å². The van der Waals surface area contributed by atoms with Gasteiger partial charge in [0.1, 0.15) is 5.54 Å². The lowest BCUT2D eigenvalue weighted by Gasteiger charge is -2.45. The lowest BCUT2D eigenvalue weighted by Crippen LogP contribution is -2.61. The Balaban J connectivity index is 2.05. The minimum atomic E-state index is -0.315. The summed E-state index contributed by atoms with van der Waals surface area (Å²) in [5.41, 5.74) is -0.315. The molecule has 2 heterocycles. The Bertz CT molecular complexity index is 193. The Morgan fingerprint density at radius 2 is 2.23 bits per heavy atom. The number of piperidine rings is 2. The first-order chi connectivity index (χ1) is 6.27. The van der Waals surface area contributed by atoms with Gasteiger partial charge in [-0.25, -0.2) is 0 Å². The van der Waals surface area contributed by atoms with E-state index in [1.165, 1.54) is 12.8 Å². The van der Waals surface area contributed by atoms with E-state index in [1.807, 2.05) is 6.92 Å². The molecule has 2 aliphatic heterocycles. The number of nitrogens with one attached hydrogen (secondary N) is 1. The van der Waals surface area contributed by atoms with Gasteiger partial charge in [0.25, 0.3) is 0 Å². The van der Waals surface area contributed by atoms with Gasteiger partial charge < -0.3 is 10.1 Å². The van der Waals surface area contributed by atoms with Crippen molar-refractivity contribution in [2.45, 2.75) is 38.1 Å². The molecule has 3 nitrogen and oxygen atoms in total. The number of hydrogen-bond donors (Lipinski definition) is 1. The number of ether oxygens (including phenoxy) is 1. The lowest BCUT2D eigenvalue weighted by atomic mass is 9.72. The van der Waals surface area contributed by atoms with Crippen molar-refractivity contribution in [2.75, 3.05) is 13.2 Å². The van der Waals surface area contributed by atoms with E-state index in [0.717, 1.165) is 25.3 Å². The normalized spacial score (nSPS) is 37.5. The number of carbonyl (C=O) groups excluding carboxylic acids is 1. The van der Waals surface area contributed by atoms with Crippen molar-refractivity contribution in [3.8, 4) is 0 Å². The van der Waals surface area contributed by atoms with Crippen LogP contribution in [0.3, 0.4) is 0 Å². The third-order valence-electron chi connectivity index (χ3n) is 3.35. The summed E-state index contributed by atoms with van der Waals surface area (Å²) >= 11 is 0. The van der Waals surface area contributed by atoms with Crippen molar-refractivity contribution < 1.29 is 9.53 Å². The highest BCUT2D eigenvalue weighted by Crippen LogP contribution is 2.37. The maximum atomic E-state index is 11.7. The molecule has 0 spiro atoms. The summed E-state index contributed by atoms with van der Waals surface area (Å²) in [6.07, 6.45) is 4.31. The predicted octanol–water partition coefficient (Wildman–Crippen LogP) is 1.08. The molecule has 1 N–H and O–H groups in total. The van der Waals surface area contributed by atoms with Crippen LogP contribution in [0.5, 0.6) is 0 Å². The number of esters is 1. The molecule has 0 aromatic rings. The Morgan fingerprint density at radius 1 is 1.54 bits per heavy atom. The van der Waals surface area contributed by atoms with E-state index in [-0.39, 0.29) is 11.5 Å². The smallest absolute Gasteiger partial charge is 0.326 e. The molecular formula is C10H17NO2. The first-order valence-electron chi connectivity index (χ1n) is 5.19. The third-order valence-corrected chi connectivity index (χ3v) is 3.35. The standard InChI is InChI=1S/C10H17NO2/c1-2-13-9(12)10-5-3-8(4-6-10)7-11-10/h8,11H,2-7H2,1H3. The fraction of sp³-hybridized carbons (Fsp3) is 0.900. The first-order valence-corrected chi connectivity index (χ1v) is 5.19. The number of rotatable bonds is 2. The summed E-state index contributed by atoms with van der Waals surface area (Å²) in [5, 5.41) is 3.34. The molecule has 0 aromatic heterocycles. The first kappa shape index (κ1) is 9.00. The summed E-state index contributed by atoms with van der Waals surface area (Å²) < 4.78 is 5.10. The molecule has 2 saturated heterocycles. The Morgan fingerprint density at radius 3 is 2.69 bits per heavy atom. The molecule has 1 aliphatic carbocycles. The van der Waals surface area contributed by atoms with Gasteiger partial charge in [-0.15, -0.1) is 0 Å². The molecule has 0 unspecified atom stereocenters. The van der Waals surface area contributed by atoms with Gasteiger partial charge in [0.15, 0.2) is 0 Å². The molecule has 3 heteroatoms. The quantitative estimate of drug-likeness (QED) is 0.651. The van der Waals surface area contributed by atoms with E-state index >= 15 is 0 Å². The largest absolute Gasteiger partial charge is 0.465 e. The lowest BCUT2D eigenvalue weighted by molar-refractivity contribution is -0.155. The highest BCUT2D eigenvalue weighted by molar-refractivity contribution is 5.81. The monoisotopic (exact) mass is 183 g/mol. The molecule has 0 radical (unpaired) electrons. The summed E-state index contributed by atoms with van der Waals surface area (Å²) in [6, 6.07) is 0. The number of carbonyl (C=O) groups is 1. The molecule has 74 valence electrons. The van der Waals surface area contributed by atoms with Crippen LogP contribution in [0.15, 0.2) is 0 Å². The summed E-state index contributed by atoms with van der Waals surface area (Å²) in [7, 11) is 0. The van der Waals surface area contributed by atoms with Crippen LogP contribution in [-0.4, -0.2) is 24.7 Å². The number of fused-ring (bicyclic) bond motifs is 3. The molecule has 1 saturated carbocycles. The summed E-state index contributed by atoms with van der Waals surface area (Å²) in [4.78, 5) is 11.7. The van der Waals surface area contributed by atoms with Crippen LogP contribution in [0, 0.1) is 5.92 Å². The second-order valence-electron chi connectivity index (χ2n) is 4.13. The van der Waals surface area contributed by atoms with Crippen LogP contribution in [-0.2, 0) is 9.53 Å². The van der Waals surface area contributed by atoms with E-state index in [9.17, 15) is 4.79 Å². The van der Waals surface area contributed by atoms with Gasteiger partial charge in [-0.05, 0) is 45.1 Å². The SMILES string of the molecule is CCOC(=O)C12CCC(CC1)CN2. The maximum Gasteiger partial charge on any atom is 0.326 e. The molecular weight excluding hydrogens is 166 g/mol. The maximum absolute atomic E-state index is 11.7. The van der Waals surface area contributed by atoms with Crippen molar-refractivity contribution in [1.82, 2.24) is 5.32 Å². The van der Waals surface area contributed by atoms with Crippen molar-refractivity contribution >= 4 is 5.97 Å². The van der Waals surface area contributed by atoms with Crippen molar-refractivity contribution in [1.29, 1.82) is 0 Å². The highest BCUT2D eigenvalue weighted by Gasteiger charge is 2.46. The molecule has 13 heavy (non-hydrogen) atoms. The van der Waals surface area contributed by atoms with E-state index in [1.54, 1.807) is 0 Å². The van der Waals surface area contributed by atoms with Crippen LogP contribution in [0.1, 0.15) is 32.6 Å².